The third-order valence-corrected chi connectivity index (χ3v) is 1.47. The molecule has 0 atom stereocenters. The highest BCUT2D eigenvalue weighted by atomic mass is 16.5. The van der Waals surface area contributed by atoms with Crippen molar-refractivity contribution in [3.05, 3.63) is 11.8 Å². The van der Waals surface area contributed by atoms with Crippen molar-refractivity contribution in [2.75, 3.05) is 25.5 Å². The lowest BCUT2D eigenvalue weighted by atomic mass is 10.4. The SMILES string of the molecule is COc1nc(C)cc(NCCN)n1. The van der Waals surface area contributed by atoms with E-state index in [0.29, 0.717) is 19.1 Å². The van der Waals surface area contributed by atoms with Crippen molar-refractivity contribution in [1.29, 1.82) is 0 Å². The Labute approximate surface area is 77.3 Å². The molecule has 3 N–H and O–H groups in total. The molecule has 0 amide bonds. The van der Waals surface area contributed by atoms with E-state index in [9.17, 15) is 0 Å². The Morgan fingerprint density at radius 3 is 2.92 bits per heavy atom. The molecule has 0 aliphatic carbocycles. The topological polar surface area (TPSA) is 73.1 Å². The van der Waals surface area contributed by atoms with Gasteiger partial charge in [-0.15, -0.1) is 0 Å². The molecule has 13 heavy (non-hydrogen) atoms. The van der Waals surface area contributed by atoms with E-state index < -0.39 is 0 Å². The van der Waals surface area contributed by atoms with Crippen LogP contribution in [0.1, 0.15) is 5.69 Å². The Bertz CT molecular complexity index is 277. The maximum atomic E-state index is 5.35. The van der Waals surface area contributed by atoms with Crippen LogP contribution in [0.2, 0.25) is 0 Å². The highest BCUT2D eigenvalue weighted by Gasteiger charge is 2.00. The van der Waals surface area contributed by atoms with Gasteiger partial charge in [0, 0.05) is 24.8 Å². The third-order valence-electron chi connectivity index (χ3n) is 1.47. The molecule has 0 saturated carbocycles. The van der Waals surface area contributed by atoms with Crippen molar-refractivity contribution in [3.8, 4) is 6.01 Å². The lowest BCUT2D eigenvalue weighted by Crippen LogP contribution is -2.14. The second-order valence-corrected chi connectivity index (χ2v) is 2.60. The van der Waals surface area contributed by atoms with E-state index in [1.54, 1.807) is 7.11 Å². The van der Waals surface area contributed by atoms with Gasteiger partial charge in [0.2, 0.25) is 0 Å². The summed E-state index contributed by atoms with van der Waals surface area (Å²) in [5.74, 6) is 0.745. The number of nitrogens with zero attached hydrogens (tertiary/aromatic N) is 2. The van der Waals surface area contributed by atoms with E-state index >= 15 is 0 Å². The van der Waals surface area contributed by atoms with Gasteiger partial charge in [-0.05, 0) is 6.92 Å². The highest BCUT2D eigenvalue weighted by Crippen LogP contribution is 2.09. The number of rotatable bonds is 4. The zero-order chi connectivity index (χ0) is 9.68. The van der Waals surface area contributed by atoms with E-state index in [0.717, 1.165) is 11.5 Å². The number of nitrogens with one attached hydrogen (secondary N) is 1. The van der Waals surface area contributed by atoms with Crippen LogP contribution in [0, 0.1) is 6.92 Å². The lowest BCUT2D eigenvalue weighted by molar-refractivity contribution is 0.379. The number of ether oxygens (including phenoxy) is 1. The summed E-state index contributed by atoms with van der Waals surface area (Å²) in [5, 5.41) is 3.05. The van der Waals surface area contributed by atoms with Crippen LogP contribution in [0.4, 0.5) is 5.82 Å². The van der Waals surface area contributed by atoms with Gasteiger partial charge in [0.1, 0.15) is 5.82 Å². The molecule has 5 nitrogen and oxygen atoms in total. The van der Waals surface area contributed by atoms with Gasteiger partial charge in [0.15, 0.2) is 0 Å². The molecule has 0 aliphatic rings. The molecule has 1 rings (SSSR count). The molecule has 0 bridgehead atoms. The predicted molar refractivity (Wildman–Crippen MR) is 50.9 cm³/mol. The number of hydrogen-bond acceptors (Lipinski definition) is 5. The second kappa shape index (κ2) is 4.61. The lowest BCUT2D eigenvalue weighted by Gasteiger charge is -2.05. The summed E-state index contributed by atoms with van der Waals surface area (Å²) < 4.78 is 4.92. The summed E-state index contributed by atoms with van der Waals surface area (Å²) in [5.41, 5.74) is 6.21. The number of nitrogens with two attached hydrogens (primary N) is 1. The first kappa shape index (κ1) is 9.73. The van der Waals surface area contributed by atoms with Gasteiger partial charge in [-0.3, -0.25) is 0 Å². The average Bonchev–Trinajstić information content (AvgIpc) is 2.14. The second-order valence-electron chi connectivity index (χ2n) is 2.60. The zero-order valence-electron chi connectivity index (χ0n) is 7.87. The van der Waals surface area contributed by atoms with Gasteiger partial charge in [-0.1, -0.05) is 0 Å². The molecule has 0 radical (unpaired) electrons. The summed E-state index contributed by atoms with van der Waals surface area (Å²) in [4.78, 5) is 8.15. The summed E-state index contributed by atoms with van der Waals surface area (Å²) in [6.45, 7) is 3.16. The summed E-state index contributed by atoms with van der Waals surface area (Å²) in [7, 11) is 1.54. The van der Waals surface area contributed by atoms with E-state index in [4.69, 9.17) is 10.5 Å². The fraction of sp³-hybridized carbons (Fsp3) is 0.500. The van der Waals surface area contributed by atoms with Crippen LogP contribution in [-0.4, -0.2) is 30.2 Å². The van der Waals surface area contributed by atoms with Gasteiger partial charge < -0.3 is 15.8 Å². The Morgan fingerprint density at radius 1 is 1.54 bits per heavy atom. The number of hydrogen-bond donors (Lipinski definition) is 2. The van der Waals surface area contributed by atoms with E-state index in [1.165, 1.54) is 0 Å². The van der Waals surface area contributed by atoms with Crippen LogP contribution in [-0.2, 0) is 0 Å². The Hall–Kier alpha value is -1.36. The summed E-state index contributed by atoms with van der Waals surface area (Å²) >= 11 is 0. The summed E-state index contributed by atoms with van der Waals surface area (Å²) in [6.07, 6.45) is 0. The van der Waals surface area contributed by atoms with Crippen LogP contribution in [0.5, 0.6) is 6.01 Å². The zero-order valence-corrected chi connectivity index (χ0v) is 7.87. The number of anilines is 1. The van der Waals surface area contributed by atoms with Gasteiger partial charge in [0.05, 0.1) is 7.11 Å². The molecule has 5 heteroatoms. The van der Waals surface area contributed by atoms with Crippen LogP contribution >= 0.6 is 0 Å². The van der Waals surface area contributed by atoms with Gasteiger partial charge in [-0.25, -0.2) is 4.98 Å². The molecule has 0 unspecified atom stereocenters. The fourth-order valence-electron chi connectivity index (χ4n) is 0.923. The molecule has 0 fully saturated rings. The number of aryl methyl sites for hydroxylation is 1. The van der Waals surface area contributed by atoms with Gasteiger partial charge >= 0.3 is 6.01 Å². The van der Waals surface area contributed by atoms with Gasteiger partial charge in [-0.2, -0.15) is 4.98 Å². The van der Waals surface area contributed by atoms with E-state index in [1.807, 2.05) is 13.0 Å². The Morgan fingerprint density at radius 2 is 2.31 bits per heavy atom. The Kier molecular flexibility index (Phi) is 3.45. The van der Waals surface area contributed by atoms with Crippen molar-refractivity contribution in [1.82, 2.24) is 9.97 Å². The standard InChI is InChI=1S/C8H14N4O/c1-6-5-7(10-4-3-9)12-8(11-6)13-2/h5H,3-4,9H2,1-2H3,(H,10,11,12). The van der Waals surface area contributed by atoms with Crippen molar-refractivity contribution in [2.24, 2.45) is 5.73 Å². The van der Waals surface area contributed by atoms with Crippen molar-refractivity contribution in [3.63, 3.8) is 0 Å². The largest absolute Gasteiger partial charge is 0.467 e. The molecule has 0 aromatic carbocycles. The molecular formula is C8H14N4O. The maximum Gasteiger partial charge on any atom is 0.318 e. The van der Waals surface area contributed by atoms with E-state index in [-0.39, 0.29) is 0 Å². The molecular weight excluding hydrogens is 168 g/mol. The molecule has 0 saturated heterocycles. The van der Waals surface area contributed by atoms with Crippen LogP contribution in [0.25, 0.3) is 0 Å². The minimum Gasteiger partial charge on any atom is -0.467 e. The fourth-order valence-corrected chi connectivity index (χ4v) is 0.923. The minimum absolute atomic E-state index is 0.375. The van der Waals surface area contributed by atoms with Crippen LogP contribution in [0.15, 0.2) is 6.07 Å². The van der Waals surface area contributed by atoms with Gasteiger partial charge in [0.25, 0.3) is 0 Å². The predicted octanol–water partition coefficient (Wildman–Crippen LogP) is 0.164. The van der Waals surface area contributed by atoms with Crippen molar-refractivity contribution >= 4 is 5.82 Å². The molecule has 1 aromatic heterocycles. The highest BCUT2D eigenvalue weighted by molar-refractivity contribution is 5.36. The monoisotopic (exact) mass is 182 g/mol. The normalized spacial score (nSPS) is 9.77. The average molecular weight is 182 g/mol. The number of methoxy groups -OCH3 is 1. The number of aromatic nitrogens is 2. The van der Waals surface area contributed by atoms with Crippen LogP contribution < -0.4 is 15.8 Å². The Balaban J connectivity index is 2.76. The smallest absolute Gasteiger partial charge is 0.318 e. The van der Waals surface area contributed by atoms with Crippen LogP contribution in [0.3, 0.4) is 0 Å². The van der Waals surface area contributed by atoms with Crippen molar-refractivity contribution < 1.29 is 4.74 Å². The molecule has 1 aromatic rings. The first-order valence-electron chi connectivity index (χ1n) is 4.10. The molecule has 72 valence electrons. The molecule has 1 heterocycles. The van der Waals surface area contributed by atoms with Crippen molar-refractivity contribution in [2.45, 2.75) is 6.92 Å². The minimum atomic E-state index is 0.375. The first-order valence-corrected chi connectivity index (χ1v) is 4.10. The maximum absolute atomic E-state index is 5.35. The third kappa shape index (κ3) is 2.87. The van der Waals surface area contributed by atoms with E-state index in [2.05, 4.69) is 15.3 Å². The summed E-state index contributed by atoms with van der Waals surface area (Å²) in [6, 6.07) is 2.22. The quantitative estimate of drug-likeness (QED) is 0.694. The first-order chi connectivity index (χ1) is 6.26. The molecule has 0 aliphatic heterocycles. The molecule has 0 spiro atoms.